The molecule has 0 aliphatic heterocycles. The molecule has 0 saturated heterocycles. The van der Waals surface area contributed by atoms with Crippen LogP contribution in [0.4, 0.5) is 0 Å². The van der Waals surface area contributed by atoms with Crippen LogP contribution in [0.5, 0.6) is 0 Å². The van der Waals surface area contributed by atoms with Crippen molar-refractivity contribution in [2.75, 3.05) is 18.5 Å². The molecule has 0 heterocycles. The van der Waals surface area contributed by atoms with Crippen molar-refractivity contribution in [3.8, 4) is 0 Å². The van der Waals surface area contributed by atoms with Crippen LogP contribution in [-0.2, 0) is 0 Å². The smallest absolute Gasteiger partial charge is 0.0116 e. The second-order valence-electron chi connectivity index (χ2n) is 7.35. The summed E-state index contributed by atoms with van der Waals surface area (Å²) in [7, 11) is 9.73. The highest BCUT2D eigenvalue weighted by Gasteiger charge is 2.34. The molecule has 3 atom stereocenters. The topological polar surface area (TPSA) is 0 Å². The molecule has 0 aromatic heterocycles. The largest absolute Gasteiger partial charge is 0.131 e. The molecule has 0 aromatic carbocycles. The van der Waals surface area contributed by atoms with Gasteiger partial charge in [0.05, 0.1) is 0 Å². The Morgan fingerprint density at radius 3 is 0.818 bits per heavy atom. The Bertz CT molecular complexity index is 244. The lowest BCUT2D eigenvalue weighted by Crippen LogP contribution is -2.33. The van der Waals surface area contributed by atoms with Crippen LogP contribution in [0.1, 0.15) is 80.1 Å². The van der Waals surface area contributed by atoms with Crippen LogP contribution in [-0.4, -0.2) is 34.0 Å². The zero-order chi connectivity index (χ0) is 17.4. The van der Waals surface area contributed by atoms with Gasteiger partial charge < -0.3 is 0 Å². The SMILES string of the molecule is CCC(P)(CC)CP(CC(P)(CC)CC)CC(P)(CC)CC. The van der Waals surface area contributed by atoms with Crippen molar-refractivity contribution in [2.45, 2.75) is 95.5 Å². The normalized spacial score (nSPS) is 13.9. The van der Waals surface area contributed by atoms with Gasteiger partial charge in [-0.2, -0.15) is 0 Å². The van der Waals surface area contributed by atoms with Crippen LogP contribution in [0.2, 0.25) is 0 Å². The van der Waals surface area contributed by atoms with Gasteiger partial charge in [-0.05, 0) is 72.5 Å². The molecule has 0 nitrogen and oxygen atoms in total. The highest BCUT2D eigenvalue weighted by Crippen LogP contribution is 2.53. The second kappa shape index (κ2) is 10.7. The third-order valence-electron chi connectivity index (χ3n) is 5.84. The van der Waals surface area contributed by atoms with Gasteiger partial charge in [0, 0.05) is 0 Å². The van der Waals surface area contributed by atoms with Crippen LogP contribution in [0, 0.1) is 0 Å². The molecule has 0 rings (SSSR count). The molecule has 0 fully saturated rings. The molecular weight excluding hydrogens is 340 g/mol. The van der Waals surface area contributed by atoms with Crippen LogP contribution in [0.25, 0.3) is 0 Å². The van der Waals surface area contributed by atoms with Gasteiger partial charge >= 0.3 is 0 Å². The van der Waals surface area contributed by atoms with Gasteiger partial charge in [-0.3, -0.25) is 0 Å². The van der Waals surface area contributed by atoms with Gasteiger partial charge in [-0.1, -0.05) is 41.5 Å². The summed E-state index contributed by atoms with van der Waals surface area (Å²) in [5.74, 6) is 0. The summed E-state index contributed by atoms with van der Waals surface area (Å²) in [6.07, 6.45) is 12.0. The predicted molar refractivity (Wildman–Crippen MR) is 121 cm³/mol. The third-order valence-corrected chi connectivity index (χ3v) is 13.2. The first-order valence-electron chi connectivity index (χ1n) is 9.24. The maximum atomic E-state index is 3.22. The average Bonchev–Trinajstić information content (AvgIpc) is 2.54. The van der Waals surface area contributed by atoms with E-state index in [1.165, 1.54) is 57.0 Å². The Hall–Kier alpha value is 1.72. The average molecular weight is 382 g/mol. The Balaban J connectivity index is 5.22. The van der Waals surface area contributed by atoms with Crippen molar-refractivity contribution in [3.05, 3.63) is 0 Å². The molecule has 3 unspecified atom stereocenters. The minimum absolute atomic E-state index is 0.0779. The fraction of sp³-hybridized carbons (Fsp3) is 1.00. The summed E-state index contributed by atoms with van der Waals surface area (Å²) in [5.41, 5.74) is 0. The lowest BCUT2D eigenvalue weighted by atomic mass is 10.0. The zero-order valence-electron chi connectivity index (χ0n) is 16.0. The van der Waals surface area contributed by atoms with E-state index in [1.807, 2.05) is 0 Å². The van der Waals surface area contributed by atoms with E-state index < -0.39 is 0 Å². The summed E-state index contributed by atoms with van der Waals surface area (Å²) in [6, 6.07) is 0. The zero-order valence-corrected chi connectivity index (χ0v) is 20.4. The lowest BCUT2D eigenvalue weighted by Gasteiger charge is -2.41. The predicted octanol–water partition coefficient (Wildman–Crippen LogP) is 6.77. The van der Waals surface area contributed by atoms with Crippen molar-refractivity contribution in [3.63, 3.8) is 0 Å². The maximum Gasteiger partial charge on any atom is -0.0116 e. The van der Waals surface area contributed by atoms with Gasteiger partial charge in [0.25, 0.3) is 0 Å². The molecule has 0 amide bonds. The van der Waals surface area contributed by atoms with Crippen molar-refractivity contribution in [1.29, 1.82) is 0 Å². The first kappa shape index (κ1) is 23.7. The molecule has 0 N–H and O–H groups in total. The Morgan fingerprint density at radius 1 is 0.500 bits per heavy atom. The molecule has 22 heavy (non-hydrogen) atoms. The third kappa shape index (κ3) is 7.74. The van der Waals surface area contributed by atoms with Crippen LogP contribution in [0.3, 0.4) is 0 Å². The molecule has 0 aromatic rings. The molecule has 0 aliphatic rings. The number of hydrogen-bond donors (Lipinski definition) is 0. The van der Waals surface area contributed by atoms with Crippen LogP contribution in [0.15, 0.2) is 0 Å². The molecule has 0 saturated carbocycles. The second-order valence-corrected chi connectivity index (χ2v) is 13.3. The first-order valence-corrected chi connectivity index (χ1v) is 12.9. The highest BCUT2D eigenvalue weighted by molar-refractivity contribution is 7.59. The molecule has 0 radical (unpaired) electrons. The van der Waals surface area contributed by atoms with Gasteiger partial charge in [0.2, 0.25) is 0 Å². The first-order chi connectivity index (χ1) is 10.1. The summed E-state index contributed by atoms with van der Waals surface area (Å²) in [5, 5.41) is 1.39. The Labute approximate surface area is 149 Å². The Morgan fingerprint density at radius 2 is 0.682 bits per heavy atom. The van der Waals surface area contributed by atoms with E-state index in [1.54, 1.807) is 0 Å². The Kier molecular flexibility index (Phi) is 11.5. The summed E-state index contributed by atoms with van der Waals surface area (Å²) < 4.78 is 0. The molecule has 4 heteroatoms. The van der Waals surface area contributed by atoms with Gasteiger partial charge in [-0.15, -0.1) is 35.6 Å². The van der Waals surface area contributed by atoms with E-state index in [2.05, 4.69) is 69.3 Å². The van der Waals surface area contributed by atoms with E-state index in [9.17, 15) is 0 Å². The fourth-order valence-corrected chi connectivity index (χ4v) is 9.60. The molecule has 134 valence electrons. The molecular formula is C18H42P4. The van der Waals surface area contributed by atoms with E-state index >= 15 is 0 Å². The summed E-state index contributed by atoms with van der Waals surface area (Å²) in [6.45, 7) is 14.2. The fourth-order valence-electron chi connectivity index (χ4n) is 2.92. The number of rotatable bonds is 12. The van der Waals surface area contributed by atoms with E-state index in [4.69, 9.17) is 0 Å². The molecule has 0 aliphatic carbocycles. The highest BCUT2D eigenvalue weighted by atomic mass is 31.1. The van der Waals surface area contributed by atoms with Gasteiger partial charge in [0.1, 0.15) is 0 Å². The van der Waals surface area contributed by atoms with Gasteiger partial charge in [-0.25, -0.2) is 0 Å². The van der Waals surface area contributed by atoms with Crippen molar-refractivity contribution in [1.82, 2.24) is 0 Å². The van der Waals surface area contributed by atoms with E-state index in [-0.39, 0.29) is 7.92 Å². The van der Waals surface area contributed by atoms with Crippen LogP contribution >= 0.6 is 35.6 Å². The summed E-state index contributed by atoms with van der Waals surface area (Å²) in [4.78, 5) is 0. The minimum Gasteiger partial charge on any atom is -0.131 e. The van der Waals surface area contributed by atoms with Gasteiger partial charge in [0.15, 0.2) is 0 Å². The van der Waals surface area contributed by atoms with Crippen molar-refractivity contribution < 1.29 is 0 Å². The van der Waals surface area contributed by atoms with Crippen molar-refractivity contribution >= 4 is 35.6 Å². The van der Waals surface area contributed by atoms with E-state index in [0.717, 1.165) is 0 Å². The quantitative estimate of drug-likeness (QED) is 0.327. The minimum atomic E-state index is 0.0779. The standard InChI is InChI=1S/C18H42P4/c1-7-16(19,8-2)13-22(14-17(20,9-3)10-4)15-18(21,11-5)12-6/h7-15,19-21H2,1-6H3. The lowest BCUT2D eigenvalue weighted by molar-refractivity contribution is 0.574. The maximum absolute atomic E-state index is 3.22. The number of hydrogen-bond acceptors (Lipinski definition) is 0. The van der Waals surface area contributed by atoms with E-state index in [0.29, 0.717) is 15.5 Å². The van der Waals surface area contributed by atoms with Crippen molar-refractivity contribution in [2.24, 2.45) is 0 Å². The molecule has 0 bridgehead atoms. The molecule has 0 spiro atoms. The van der Waals surface area contributed by atoms with Crippen LogP contribution < -0.4 is 0 Å². The summed E-state index contributed by atoms with van der Waals surface area (Å²) >= 11 is 0. The monoisotopic (exact) mass is 382 g/mol.